The van der Waals surface area contributed by atoms with Crippen molar-refractivity contribution in [1.29, 1.82) is 0 Å². The first-order chi connectivity index (χ1) is 6.57. The van der Waals surface area contributed by atoms with Crippen LogP contribution in [0.25, 0.3) is 0 Å². The van der Waals surface area contributed by atoms with Crippen LogP contribution in [0.3, 0.4) is 0 Å². The van der Waals surface area contributed by atoms with Gasteiger partial charge in [0.25, 0.3) is 0 Å². The van der Waals surface area contributed by atoms with E-state index in [1.807, 2.05) is 26.0 Å². The second kappa shape index (κ2) is 4.27. The summed E-state index contributed by atoms with van der Waals surface area (Å²) in [5.41, 5.74) is 0.523. The molecule has 0 N–H and O–H groups in total. The highest BCUT2D eigenvalue weighted by atomic mass is 16.5. The molecule has 0 bridgehead atoms. The minimum Gasteiger partial charge on any atom is -0.488 e. The van der Waals surface area contributed by atoms with Crippen molar-refractivity contribution in [3.05, 3.63) is 29.8 Å². The van der Waals surface area contributed by atoms with Crippen molar-refractivity contribution >= 4 is 6.29 Å². The van der Waals surface area contributed by atoms with E-state index in [1.54, 1.807) is 12.1 Å². The third-order valence-corrected chi connectivity index (χ3v) is 2.26. The molecule has 2 nitrogen and oxygen atoms in total. The first kappa shape index (κ1) is 10.8. The minimum atomic E-state index is -0.150. The lowest BCUT2D eigenvalue weighted by molar-refractivity contribution is 0.105. The smallest absolute Gasteiger partial charge is 0.150 e. The summed E-state index contributed by atoms with van der Waals surface area (Å²) < 4.78 is 5.73. The molecule has 0 spiro atoms. The van der Waals surface area contributed by atoms with Gasteiger partial charge < -0.3 is 4.74 Å². The van der Waals surface area contributed by atoms with Crippen molar-refractivity contribution in [2.45, 2.75) is 32.8 Å². The van der Waals surface area contributed by atoms with Crippen molar-refractivity contribution < 1.29 is 9.53 Å². The highest BCUT2D eigenvalue weighted by molar-refractivity contribution is 5.74. The molecule has 2 heteroatoms. The van der Waals surface area contributed by atoms with Gasteiger partial charge in [-0.05, 0) is 44.5 Å². The van der Waals surface area contributed by atoms with Crippen molar-refractivity contribution in [1.82, 2.24) is 0 Å². The highest BCUT2D eigenvalue weighted by Gasteiger charge is 2.16. The first-order valence-electron chi connectivity index (χ1n) is 4.81. The van der Waals surface area contributed by atoms with Gasteiger partial charge in [0, 0.05) is 5.56 Å². The van der Waals surface area contributed by atoms with Crippen LogP contribution in [0, 0.1) is 0 Å². The topological polar surface area (TPSA) is 26.3 Å². The Morgan fingerprint density at radius 2 is 1.86 bits per heavy atom. The predicted molar refractivity (Wildman–Crippen MR) is 56.8 cm³/mol. The number of carbonyl (C=O) groups is 1. The van der Waals surface area contributed by atoms with E-state index in [9.17, 15) is 4.79 Å². The van der Waals surface area contributed by atoms with Gasteiger partial charge in [0.1, 0.15) is 17.6 Å². The summed E-state index contributed by atoms with van der Waals surface area (Å²) in [6.45, 7) is 6.17. The molecule has 1 rings (SSSR count). The molecule has 14 heavy (non-hydrogen) atoms. The third kappa shape index (κ3) is 2.87. The van der Waals surface area contributed by atoms with E-state index in [4.69, 9.17) is 4.74 Å². The predicted octanol–water partition coefficient (Wildman–Crippen LogP) is 3.07. The van der Waals surface area contributed by atoms with Gasteiger partial charge >= 0.3 is 0 Å². The molecule has 0 unspecified atom stereocenters. The summed E-state index contributed by atoms with van der Waals surface area (Å²) >= 11 is 0. The molecule has 0 aromatic heterocycles. The van der Waals surface area contributed by atoms with Crippen LogP contribution in [-0.4, -0.2) is 11.9 Å². The Balaban J connectivity index is 2.73. The van der Waals surface area contributed by atoms with Gasteiger partial charge in [-0.25, -0.2) is 0 Å². The number of rotatable bonds is 4. The molecule has 0 atom stereocenters. The van der Waals surface area contributed by atoms with Crippen LogP contribution in [0.15, 0.2) is 24.3 Å². The fourth-order valence-electron chi connectivity index (χ4n) is 1.01. The van der Waals surface area contributed by atoms with E-state index in [1.165, 1.54) is 0 Å². The second-order valence-corrected chi connectivity index (χ2v) is 3.90. The maximum absolute atomic E-state index is 10.4. The molecule has 0 aliphatic carbocycles. The average molecular weight is 192 g/mol. The van der Waals surface area contributed by atoms with E-state index in [0.29, 0.717) is 5.56 Å². The van der Waals surface area contributed by atoms with Gasteiger partial charge in [0.15, 0.2) is 0 Å². The molecule has 0 aliphatic rings. The van der Waals surface area contributed by atoms with Crippen LogP contribution in [-0.2, 0) is 0 Å². The van der Waals surface area contributed by atoms with Crippen molar-refractivity contribution in [2.24, 2.45) is 0 Å². The van der Waals surface area contributed by atoms with E-state index in [-0.39, 0.29) is 5.60 Å². The summed E-state index contributed by atoms with van der Waals surface area (Å²) in [6.07, 6.45) is 1.77. The van der Waals surface area contributed by atoms with Crippen LogP contribution in [0.1, 0.15) is 37.6 Å². The number of aldehydes is 1. The lowest BCUT2D eigenvalue weighted by Gasteiger charge is -2.24. The summed E-state index contributed by atoms with van der Waals surface area (Å²) in [5.74, 6) is 0.808. The summed E-state index contributed by atoms with van der Waals surface area (Å²) in [7, 11) is 0. The zero-order chi connectivity index (χ0) is 10.6. The van der Waals surface area contributed by atoms with Crippen molar-refractivity contribution in [2.75, 3.05) is 0 Å². The van der Waals surface area contributed by atoms with Crippen LogP contribution in [0.4, 0.5) is 0 Å². The number of benzene rings is 1. The normalized spacial score (nSPS) is 11.1. The quantitative estimate of drug-likeness (QED) is 0.685. The summed E-state index contributed by atoms with van der Waals surface area (Å²) in [5, 5.41) is 0. The Labute approximate surface area is 84.9 Å². The molecule has 0 saturated carbocycles. The van der Waals surface area contributed by atoms with Crippen molar-refractivity contribution in [3.63, 3.8) is 0 Å². The van der Waals surface area contributed by atoms with Crippen LogP contribution in [0.5, 0.6) is 5.75 Å². The molecular formula is C12H16O2. The van der Waals surface area contributed by atoms with Gasteiger partial charge in [-0.1, -0.05) is 6.92 Å². The fraction of sp³-hybridized carbons (Fsp3) is 0.417. The number of carbonyl (C=O) groups excluding carboxylic acids is 1. The Morgan fingerprint density at radius 1 is 1.29 bits per heavy atom. The van der Waals surface area contributed by atoms with Crippen LogP contribution in [0.2, 0.25) is 0 Å². The Kier molecular flexibility index (Phi) is 3.28. The molecular weight excluding hydrogens is 176 g/mol. The Morgan fingerprint density at radius 3 is 2.29 bits per heavy atom. The molecule has 76 valence electrons. The molecule has 1 aromatic rings. The van der Waals surface area contributed by atoms with E-state index < -0.39 is 0 Å². The summed E-state index contributed by atoms with van der Waals surface area (Å²) in [6, 6.07) is 7.16. The maximum atomic E-state index is 10.4. The minimum absolute atomic E-state index is 0.150. The van der Waals surface area contributed by atoms with E-state index >= 15 is 0 Å². The third-order valence-electron chi connectivity index (χ3n) is 2.26. The summed E-state index contributed by atoms with van der Waals surface area (Å²) in [4.78, 5) is 10.4. The van der Waals surface area contributed by atoms with Gasteiger partial charge in [-0.3, -0.25) is 4.79 Å². The van der Waals surface area contributed by atoms with E-state index in [2.05, 4.69) is 6.92 Å². The standard InChI is InChI=1S/C12H16O2/c1-4-12(2,3)14-11-7-5-10(9-13)6-8-11/h5-9H,4H2,1-3H3. The van der Waals surface area contributed by atoms with Crippen molar-refractivity contribution in [3.8, 4) is 5.75 Å². The average Bonchev–Trinajstić information content (AvgIpc) is 2.19. The Hall–Kier alpha value is -1.31. The molecule has 0 aliphatic heterocycles. The Bertz CT molecular complexity index is 299. The number of hydrogen-bond donors (Lipinski definition) is 0. The number of hydrogen-bond acceptors (Lipinski definition) is 2. The zero-order valence-electron chi connectivity index (χ0n) is 8.91. The highest BCUT2D eigenvalue weighted by Crippen LogP contribution is 2.20. The SMILES string of the molecule is CCC(C)(C)Oc1ccc(C=O)cc1. The number of ether oxygens (including phenoxy) is 1. The molecule has 0 saturated heterocycles. The lowest BCUT2D eigenvalue weighted by atomic mass is 10.1. The van der Waals surface area contributed by atoms with Gasteiger partial charge in [-0.2, -0.15) is 0 Å². The largest absolute Gasteiger partial charge is 0.488 e. The van der Waals surface area contributed by atoms with Crippen LogP contribution < -0.4 is 4.74 Å². The lowest BCUT2D eigenvalue weighted by Crippen LogP contribution is -2.26. The van der Waals surface area contributed by atoms with Gasteiger partial charge in [0.2, 0.25) is 0 Å². The van der Waals surface area contributed by atoms with Gasteiger partial charge in [0.05, 0.1) is 0 Å². The maximum Gasteiger partial charge on any atom is 0.150 e. The van der Waals surface area contributed by atoms with Crippen LogP contribution >= 0.6 is 0 Å². The monoisotopic (exact) mass is 192 g/mol. The fourth-order valence-corrected chi connectivity index (χ4v) is 1.01. The molecule has 0 amide bonds. The van der Waals surface area contributed by atoms with E-state index in [0.717, 1.165) is 18.5 Å². The zero-order valence-corrected chi connectivity index (χ0v) is 8.91. The second-order valence-electron chi connectivity index (χ2n) is 3.90. The first-order valence-corrected chi connectivity index (χ1v) is 4.81. The molecule has 1 aromatic carbocycles. The van der Waals surface area contributed by atoms with Gasteiger partial charge in [-0.15, -0.1) is 0 Å². The molecule has 0 fully saturated rings. The molecule has 0 radical (unpaired) electrons. The molecule has 0 heterocycles.